The molecule has 2 aromatic rings. The Bertz CT molecular complexity index is 558. The van der Waals surface area contributed by atoms with Crippen LogP contribution in [0.1, 0.15) is 16.7 Å². The van der Waals surface area contributed by atoms with Gasteiger partial charge in [-0.25, -0.2) is 0 Å². The molecular weight excluding hydrogens is 270 g/mol. The molecule has 3 heteroatoms. The fraction of sp³-hybridized carbons (Fsp3) is 0.294. The second kappa shape index (κ2) is 7.32. The summed E-state index contributed by atoms with van der Waals surface area (Å²) in [4.78, 5) is 0. The van der Waals surface area contributed by atoms with E-state index in [9.17, 15) is 0 Å². The number of ether oxygens (including phenoxy) is 1. The van der Waals surface area contributed by atoms with Gasteiger partial charge in [0, 0.05) is 12.1 Å². The molecule has 0 spiro atoms. The van der Waals surface area contributed by atoms with Crippen LogP contribution >= 0.6 is 12.4 Å². The Kier molecular flexibility index (Phi) is 6.05. The summed E-state index contributed by atoms with van der Waals surface area (Å²) in [5.74, 6) is 0.919. The predicted molar refractivity (Wildman–Crippen MR) is 87.9 cm³/mol. The maximum absolute atomic E-state index is 5.44. The quantitative estimate of drug-likeness (QED) is 0.915. The highest BCUT2D eigenvalue weighted by molar-refractivity contribution is 5.85. The van der Waals surface area contributed by atoms with Crippen LogP contribution in [-0.2, 0) is 6.54 Å². The molecule has 0 aliphatic carbocycles. The summed E-state index contributed by atoms with van der Waals surface area (Å²) in [7, 11) is 3.70. The third kappa shape index (κ3) is 3.33. The lowest BCUT2D eigenvalue weighted by Crippen LogP contribution is -2.08. The van der Waals surface area contributed by atoms with E-state index >= 15 is 0 Å². The average molecular weight is 292 g/mol. The molecule has 2 nitrogen and oxygen atoms in total. The molecular formula is C17H22ClNO. The SMILES string of the molecule is CNCc1c(C)cc(-c2ccccc2OC)cc1C.Cl. The molecule has 0 unspecified atom stereocenters. The van der Waals surface area contributed by atoms with Crippen molar-refractivity contribution >= 4 is 12.4 Å². The predicted octanol–water partition coefficient (Wildman–Crippen LogP) is 4.12. The molecule has 0 heterocycles. The molecule has 0 aliphatic rings. The van der Waals surface area contributed by atoms with Gasteiger partial charge >= 0.3 is 0 Å². The fourth-order valence-electron chi connectivity index (χ4n) is 2.49. The Labute approximate surface area is 127 Å². The van der Waals surface area contributed by atoms with Crippen molar-refractivity contribution in [2.75, 3.05) is 14.2 Å². The van der Waals surface area contributed by atoms with Gasteiger partial charge in [0.15, 0.2) is 0 Å². The minimum Gasteiger partial charge on any atom is -0.496 e. The zero-order valence-corrected chi connectivity index (χ0v) is 13.3. The van der Waals surface area contributed by atoms with Crippen molar-refractivity contribution in [3.05, 3.63) is 53.1 Å². The molecule has 20 heavy (non-hydrogen) atoms. The number of benzene rings is 2. The Morgan fingerprint density at radius 1 is 1.05 bits per heavy atom. The van der Waals surface area contributed by atoms with Crippen LogP contribution in [-0.4, -0.2) is 14.2 Å². The molecule has 0 aromatic heterocycles. The zero-order valence-electron chi connectivity index (χ0n) is 12.5. The van der Waals surface area contributed by atoms with Gasteiger partial charge in [-0.05, 0) is 49.2 Å². The lowest BCUT2D eigenvalue weighted by Gasteiger charge is -2.14. The summed E-state index contributed by atoms with van der Waals surface area (Å²) >= 11 is 0. The van der Waals surface area contributed by atoms with Crippen LogP contribution in [0.4, 0.5) is 0 Å². The molecule has 0 bridgehead atoms. The highest BCUT2D eigenvalue weighted by atomic mass is 35.5. The van der Waals surface area contributed by atoms with Gasteiger partial charge in [-0.1, -0.05) is 30.3 Å². The van der Waals surface area contributed by atoms with E-state index in [1.165, 1.54) is 22.3 Å². The molecule has 108 valence electrons. The van der Waals surface area contributed by atoms with Crippen molar-refractivity contribution in [3.8, 4) is 16.9 Å². The van der Waals surface area contributed by atoms with Gasteiger partial charge in [-0.2, -0.15) is 0 Å². The van der Waals surface area contributed by atoms with Crippen molar-refractivity contribution in [3.63, 3.8) is 0 Å². The summed E-state index contributed by atoms with van der Waals surface area (Å²) < 4.78 is 5.44. The first-order valence-corrected chi connectivity index (χ1v) is 6.55. The molecule has 0 fully saturated rings. The van der Waals surface area contributed by atoms with E-state index in [4.69, 9.17) is 4.74 Å². The normalized spacial score (nSPS) is 10.0. The monoisotopic (exact) mass is 291 g/mol. The van der Waals surface area contributed by atoms with Gasteiger partial charge in [0.1, 0.15) is 5.75 Å². The smallest absolute Gasteiger partial charge is 0.126 e. The van der Waals surface area contributed by atoms with Crippen LogP contribution in [0, 0.1) is 13.8 Å². The molecule has 0 atom stereocenters. The molecule has 0 saturated carbocycles. The van der Waals surface area contributed by atoms with Gasteiger partial charge in [0.2, 0.25) is 0 Å². The van der Waals surface area contributed by atoms with Crippen molar-refractivity contribution in [1.29, 1.82) is 0 Å². The Morgan fingerprint density at radius 2 is 1.65 bits per heavy atom. The lowest BCUT2D eigenvalue weighted by molar-refractivity contribution is 0.416. The van der Waals surface area contributed by atoms with Crippen LogP contribution in [0.25, 0.3) is 11.1 Å². The number of nitrogens with one attached hydrogen (secondary N) is 1. The van der Waals surface area contributed by atoms with Gasteiger partial charge in [-0.3, -0.25) is 0 Å². The topological polar surface area (TPSA) is 21.3 Å². The second-order valence-electron chi connectivity index (χ2n) is 4.82. The first-order chi connectivity index (χ1) is 9.17. The largest absolute Gasteiger partial charge is 0.496 e. The van der Waals surface area contributed by atoms with Gasteiger partial charge in [0.25, 0.3) is 0 Å². The number of hydrogen-bond acceptors (Lipinski definition) is 2. The number of aryl methyl sites for hydroxylation is 2. The third-order valence-electron chi connectivity index (χ3n) is 3.47. The van der Waals surface area contributed by atoms with Crippen LogP contribution < -0.4 is 10.1 Å². The molecule has 0 radical (unpaired) electrons. The highest BCUT2D eigenvalue weighted by Crippen LogP contribution is 2.32. The molecule has 2 aromatic carbocycles. The second-order valence-corrected chi connectivity index (χ2v) is 4.82. The molecule has 0 aliphatic heterocycles. The summed E-state index contributed by atoms with van der Waals surface area (Å²) in [5, 5.41) is 3.22. The first kappa shape index (κ1) is 16.5. The minimum absolute atomic E-state index is 0. The van der Waals surface area contributed by atoms with Crippen molar-refractivity contribution < 1.29 is 4.74 Å². The number of halogens is 1. The van der Waals surface area contributed by atoms with Gasteiger partial charge < -0.3 is 10.1 Å². The standard InChI is InChI=1S/C17H21NO.ClH/c1-12-9-14(10-13(2)16(12)11-18-3)15-7-5-6-8-17(15)19-4;/h5-10,18H,11H2,1-4H3;1H. The van der Waals surface area contributed by atoms with E-state index in [1.807, 2.05) is 25.2 Å². The van der Waals surface area contributed by atoms with Crippen molar-refractivity contribution in [2.24, 2.45) is 0 Å². The third-order valence-corrected chi connectivity index (χ3v) is 3.47. The summed E-state index contributed by atoms with van der Waals surface area (Å²) in [6.07, 6.45) is 0. The zero-order chi connectivity index (χ0) is 13.8. The Morgan fingerprint density at radius 3 is 2.20 bits per heavy atom. The van der Waals surface area contributed by atoms with E-state index in [0.717, 1.165) is 17.9 Å². The van der Waals surface area contributed by atoms with E-state index in [2.05, 4.69) is 37.4 Å². The number of para-hydroxylation sites is 1. The van der Waals surface area contributed by atoms with E-state index in [-0.39, 0.29) is 12.4 Å². The summed E-state index contributed by atoms with van der Waals surface area (Å²) in [5.41, 5.74) is 6.37. The van der Waals surface area contributed by atoms with Crippen LogP contribution in [0.5, 0.6) is 5.75 Å². The molecule has 1 N–H and O–H groups in total. The number of rotatable bonds is 4. The van der Waals surface area contributed by atoms with E-state index in [1.54, 1.807) is 7.11 Å². The van der Waals surface area contributed by atoms with Gasteiger partial charge in [-0.15, -0.1) is 12.4 Å². The highest BCUT2D eigenvalue weighted by Gasteiger charge is 2.09. The van der Waals surface area contributed by atoms with Crippen molar-refractivity contribution in [1.82, 2.24) is 5.32 Å². The average Bonchev–Trinajstić information content (AvgIpc) is 2.42. The number of hydrogen-bond donors (Lipinski definition) is 1. The van der Waals surface area contributed by atoms with Crippen LogP contribution in [0.15, 0.2) is 36.4 Å². The number of methoxy groups -OCH3 is 1. The minimum atomic E-state index is 0. The van der Waals surface area contributed by atoms with Crippen LogP contribution in [0.3, 0.4) is 0 Å². The Balaban J connectivity index is 0.00000200. The van der Waals surface area contributed by atoms with E-state index < -0.39 is 0 Å². The molecule has 0 amide bonds. The Hall–Kier alpha value is -1.51. The van der Waals surface area contributed by atoms with Crippen LogP contribution in [0.2, 0.25) is 0 Å². The first-order valence-electron chi connectivity index (χ1n) is 6.55. The molecule has 0 saturated heterocycles. The fourth-order valence-corrected chi connectivity index (χ4v) is 2.49. The lowest BCUT2D eigenvalue weighted by atomic mass is 9.95. The summed E-state index contributed by atoms with van der Waals surface area (Å²) in [6, 6.07) is 12.6. The maximum atomic E-state index is 5.44. The van der Waals surface area contributed by atoms with Crippen molar-refractivity contribution in [2.45, 2.75) is 20.4 Å². The molecule has 2 rings (SSSR count). The maximum Gasteiger partial charge on any atom is 0.126 e. The van der Waals surface area contributed by atoms with Gasteiger partial charge in [0.05, 0.1) is 7.11 Å². The van der Waals surface area contributed by atoms with E-state index in [0.29, 0.717) is 0 Å². The summed E-state index contributed by atoms with van der Waals surface area (Å²) in [6.45, 7) is 5.24.